The normalized spacial score (nSPS) is 30.1. The molecule has 1 unspecified atom stereocenters. The third-order valence-electron chi connectivity index (χ3n) is 4.46. The standard InChI is InChI=1S/C16H31NO/c1-5-7-8-15(17-13-6-2)16(18-4)11-9-14(3)10-12-16/h5,14-15,17H,1,6-13H2,2-4H3. The van der Waals surface area contributed by atoms with Crippen molar-refractivity contribution in [3.05, 3.63) is 12.7 Å². The summed E-state index contributed by atoms with van der Waals surface area (Å²) in [4.78, 5) is 0. The Kier molecular flexibility index (Phi) is 6.95. The zero-order valence-electron chi connectivity index (χ0n) is 12.5. The molecule has 1 atom stereocenters. The zero-order chi connectivity index (χ0) is 13.4. The summed E-state index contributed by atoms with van der Waals surface area (Å²) in [7, 11) is 1.89. The molecule has 106 valence electrons. The maximum atomic E-state index is 5.99. The molecule has 2 heteroatoms. The van der Waals surface area contributed by atoms with E-state index in [2.05, 4.69) is 25.7 Å². The second kappa shape index (κ2) is 7.96. The van der Waals surface area contributed by atoms with Gasteiger partial charge >= 0.3 is 0 Å². The SMILES string of the molecule is C=CCCC(NCCC)C1(OC)CCC(C)CC1. The largest absolute Gasteiger partial charge is 0.377 e. The van der Waals surface area contributed by atoms with Gasteiger partial charge in [0.15, 0.2) is 0 Å². The Morgan fingerprint density at radius 1 is 1.44 bits per heavy atom. The third-order valence-corrected chi connectivity index (χ3v) is 4.46. The lowest BCUT2D eigenvalue weighted by Crippen LogP contribution is -2.54. The van der Waals surface area contributed by atoms with Gasteiger partial charge in [0.1, 0.15) is 0 Å². The summed E-state index contributed by atoms with van der Waals surface area (Å²) in [6.07, 6.45) is 10.4. The molecule has 0 spiro atoms. The van der Waals surface area contributed by atoms with Gasteiger partial charge in [0.05, 0.1) is 5.60 Å². The van der Waals surface area contributed by atoms with Crippen molar-refractivity contribution in [2.24, 2.45) is 5.92 Å². The Labute approximate surface area is 113 Å². The fraction of sp³-hybridized carbons (Fsp3) is 0.875. The molecule has 1 N–H and O–H groups in total. The van der Waals surface area contributed by atoms with E-state index in [0.29, 0.717) is 6.04 Å². The predicted octanol–water partition coefficient (Wildman–Crippen LogP) is 3.92. The molecule has 2 nitrogen and oxygen atoms in total. The van der Waals surface area contributed by atoms with E-state index in [4.69, 9.17) is 4.74 Å². The molecule has 1 rings (SSSR count). The summed E-state index contributed by atoms with van der Waals surface area (Å²) >= 11 is 0. The molecule has 0 aromatic heterocycles. The number of ether oxygens (including phenoxy) is 1. The number of nitrogens with one attached hydrogen (secondary N) is 1. The maximum absolute atomic E-state index is 5.99. The quantitative estimate of drug-likeness (QED) is 0.662. The highest BCUT2D eigenvalue weighted by molar-refractivity contribution is 4.97. The van der Waals surface area contributed by atoms with Crippen LogP contribution in [0.2, 0.25) is 0 Å². The molecule has 0 amide bonds. The van der Waals surface area contributed by atoms with E-state index in [1.165, 1.54) is 32.1 Å². The molecule has 0 aromatic carbocycles. The van der Waals surface area contributed by atoms with E-state index in [9.17, 15) is 0 Å². The van der Waals surface area contributed by atoms with Crippen molar-refractivity contribution in [1.82, 2.24) is 5.32 Å². The number of rotatable bonds is 8. The molecule has 0 aromatic rings. The van der Waals surface area contributed by atoms with Crippen LogP contribution >= 0.6 is 0 Å². The first-order chi connectivity index (χ1) is 8.68. The zero-order valence-corrected chi connectivity index (χ0v) is 12.5. The average molecular weight is 253 g/mol. The molecule has 1 fully saturated rings. The van der Waals surface area contributed by atoms with Gasteiger partial charge in [0, 0.05) is 13.2 Å². The number of allylic oxidation sites excluding steroid dienone is 1. The van der Waals surface area contributed by atoms with Crippen LogP contribution in [0.5, 0.6) is 0 Å². The molecule has 18 heavy (non-hydrogen) atoms. The van der Waals surface area contributed by atoms with Crippen molar-refractivity contribution in [2.75, 3.05) is 13.7 Å². The van der Waals surface area contributed by atoms with Gasteiger partial charge in [-0.15, -0.1) is 6.58 Å². The summed E-state index contributed by atoms with van der Waals surface area (Å²) in [6, 6.07) is 0.480. The molecule has 1 aliphatic rings. The fourth-order valence-electron chi connectivity index (χ4n) is 3.10. The highest BCUT2D eigenvalue weighted by atomic mass is 16.5. The van der Waals surface area contributed by atoms with E-state index < -0.39 is 0 Å². The van der Waals surface area contributed by atoms with E-state index >= 15 is 0 Å². The van der Waals surface area contributed by atoms with Crippen molar-refractivity contribution in [2.45, 2.75) is 70.4 Å². The van der Waals surface area contributed by atoms with Crippen molar-refractivity contribution in [1.29, 1.82) is 0 Å². The molecular weight excluding hydrogens is 222 g/mol. The third kappa shape index (κ3) is 4.10. The number of hydrogen-bond donors (Lipinski definition) is 1. The molecule has 1 aliphatic carbocycles. The van der Waals surface area contributed by atoms with Crippen molar-refractivity contribution >= 4 is 0 Å². The topological polar surface area (TPSA) is 21.3 Å². The number of methoxy groups -OCH3 is 1. The minimum absolute atomic E-state index is 0.0602. The van der Waals surface area contributed by atoms with Crippen LogP contribution < -0.4 is 5.32 Å². The van der Waals surface area contributed by atoms with Crippen molar-refractivity contribution in [3.8, 4) is 0 Å². The summed E-state index contributed by atoms with van der Waals surface area (Å²) in [5.74, 6) is 0.861. The molecule has 0 radical (unpaired) electrons. The van der Waals surface area contributed by atoms with E-state index in [-0.39, 0.29) is 5.60 Å². The minimum atomic E-state index is 0.0602. The van der Waals surface area contributed by atoms with E-state index in [0.717, 1.165) is 25.3 Å². The monoisotopic (exact) mass is 253 g/mol. The highest BCUT2D eigenvalue weighted by Gasteiger charge is 2.40. The van der Waals surface area contributed by atoms with Crippen LogP contribution in [-0.4, -0.2) is 25.3 Å². The lowest BCUT2D eigenvalue weighted by atomic mass is 9.74. The van der Waals surface area contributed by atoms with Gasteiger partial charge in [-0.3, -0.25) is 0 Å². The number of hydrogen-bond acceptors (Lipinski definition) is 2. The van der Waals surface area contributed by atoms with Crippen LogP contribution in [0.4, 0.5) is 0 Å². The Hall–Kier alpha value is -0.340. The van der Waals surface area contributed by atoms with Crippen LogP contribution in [0.3, 0.4) is 0 Å². The van der Waals surface area contributed by atoms with Crippen LogP contribution in [-0.2, 0) is 4.74 Å². The Balaban J connectivity index is 2.67. The Morgan fingerprint density at radius 3 is 2.61 bits per heavy atom. The smallest absolute Gasteiger partial charge is 0.0831 e. The van der Waals surface area contributed by atoms with Gasteiger partial charge in [-0.25, -0.2) is 0 Å². The molecule has 0 saturated heterocycles. The first-order valence-corrected chi connectivity index (χ1v) is 7.58. The highest BCUT2D eigenvalue weighted by Crippen LogP contribution is 2.38. The Bertz CT molecular complexity index is 231. The van der Waals surface area contributed by atoms with Crippen LogP contribution in [0.25, 0.3) is 0 Å². The van der Waals surface area contributed by atoms with Gasteiger partial charge < -0.3 is 10.1 Å². The summed E-state index contributed by atoms with van der Waals surface area (Å²) in [5.41, 5.74) is 0.0602. The van der Waals surface area contributed by atoms with Gasteiger partial charge in [-0.1, -0.05) is 19.9 Å². The van der Waals surface area contributed by atoms with E-state index in [1.54, 1.807) is 0 Å². The molecule has 0 aliphatic heterocycles. The van der Waals surface area contributed by atoms with Gasteiger partial charge in [0.25, 0.3) is 0 Å². The van der Waals surface area contributed by atoms with E-state index in [1.807, 2.05) is 13.2 Å². The van der Waals surface area contributed by atoms with Crippen LogP contribution in [0.1, 0.15) is 58.8 Å². The summed E-state index contributed by atoms with van der Waals surface area (Å²) < 4.78 is 5.99. The lowest BCUT2D eigenvalue weighted by molar-refractivity contribution is -0.0762. The first kappa shape index (κ1) is 15.7. The second-order valence-corrected chi connectivity index (χ2v) is 5.82. The molecule has 1 saturated carbocycles. The van der Waals surface area contributed by atoms with Crippen molar-refractivity contribution < 1.29 is 4.74 Å². The van der Waals surface area contributed by atoms with Gasteiger partial charge in [-0.2, -0.15) is 0 Å². The van der Waals surface area contributed by atoms with Gasteiger partial charge in [-0.05, 0) is 57.4 Å². The van der Waals surface area contributed by atoms with Crippen molar-refractivity contribution in [3.63, 3.8) is 0 Å². The van der Waals surface area contributed by atoms with Crippen LogP contribution in [0.15, 0.2) is 12.7 Å². The predicted molar refractivity (Wildman–Crippen MR) is 78.9 cm³/mol. The minimum Gasteiger partial charge on any atom is -0.377 e. The molecular formula is C16H31NO. The molecule has 0 heterocycles. The average Bonchev–Trinajstić information content (AvgIpc) is 2.41. The lowest BCUT2D eigenvalue weighted by Gasteiger charge is -2.44. The van der Waals surface area contributed by atoms with Crippen LogP contribution in [0, 0.1) is 5.92 Å². The molecule has 0 bridgehead atoms. The second-order valence-electron chi connectivity index (χ2n) is 5.82. The summed E-state index contributed by atoms with van der Waals surface area (Å²) in [5, 5.41) is 3.71. The van der Waals surface area contributed by atoms with Gasteiger partial charge in [0.2, 0.25) is 0 Å². The Morgan fingerprint density at radius 2 is 2.11 bits per heavy atom. The summed E-state index contributed by atoms with van der Waals surface area (Å²) in [6.45, 7) is 9.52. The first-order valence-electron chi connectivity index (χ1n) is 7.58. The maximum Gasteiger partial charge on any atom is 0.0831 e. The fourth-order valence-corrected chi connectivity index (χ4v) is 3.10.